The Morgan fingerprint density at radius 1 is 0.792 bits per heavy atom. The van der Waals surface area contributed by atoms with Crippen LogP contribution in [0.25, 0.3) is 0 Å². The molecule has 0 unspecified atom stereocenters. The number of carbonyl (C=O) groups is 2. The second kappa shape index (κ2) is 19.7. The van der Waals surface area contributed by atoms with Crippen LogP contribution in [-0.2, 0) is 9.53 Å². The molecule has 1 amide bonds. The molecule has 0 rings (SSSR count). The molecule has 0 aliphatic rings. The van der Waals surface area contributed by atoms with Gasteiger partial charge < -0.3 is 14.8 Å². The summed E-state index contributed by atoms with van der Waals surface area (Å²) in [6.07, 6.45) is 19.3. The highest BCUT2D eigenvalue weighted by Crippen LogP contribution is 2.12. The number of nitrogens with one attached hydrogen (secondary N) is 1. The lowest BCUT2D eigenvalue weighted by Crippen LogP contribution is -2.25. The molecule has 0 spiro atoms. The van der Waals surface area contributed by atoms with Crippen LogP contribution in [0.4, 0.5) is 4.79 Å². The van der Waals surface area contributed by atoms with Crippen LogP contribution in [0.1, 0.15) is 89.9 Å². The van der Waals surface area contributed by atoms with Crippen molar-refractivity contribution in [3.8, 4) is 0 Å². The summed E-state index contributed by atoms with van der Waals surface area (Å²) in [6, 6.07) is 0. The summed E-state index contributed by atoms with van der Waals surface area (Å²) in [7, 11) is 0. The maximum absolute atomic E-state index is 11.2. The summed E-state index contributed by atoms with van der Waals surface area (Å²) in [6.45, 7) is 4.46. The van der Waals surface area contributed by atoms with E-state index < -0.39 is 0 Å². The van der Waals surface area contributed by atoms with Gasteiger partial charge >= 0.3 is 6.09 Å². The topological polar surface area (TPSA) is 55.4 Å². The number of aldehydes is 1. The molecule has 0 heterocycles. The molecule has 0 fully saturated rings. The molecule has 140 valence electrons. The fourth-order valence-electron chi connectivity index (χ4n) is 2.67. The molecule has 0 saturated carbocycles. The maximum Gasteiger partial charge on any atom is 0.407 e. The molecular weight excluding hydrogens is 302 g/mol. The molecule has 4 nitrogen and oxygen atoms in total. The van der Waals surface area contributed by atoms with E-state index in [1.807, 2.05) is 0 Å². The zero-order valence-corrected chi connectivity index (χ0v) is 15.4. The van der Waals surface area contributed by atoms with E-state index in [-0.39, 0.29) is 12.7 Å². The molecule has 0 aromatic rings. The van der Waals surface area contributed by atoms with Crippen LogP contribution in [0, 0.1) is 0 Å². The first-order chi connectivity index (χ1) is 11.8. The third-order valence-corrected chi connectivity index (χ3v) is 4.10. The summed E-state index contributed by atoms with van der Waals surface area (Å²) in [5.41, 5.74) is 0. The zero-order valence-electron chi connectivity index (χ0n) is 15.4. The van der Waals surface area contributed by atoms with Crippen molar-refractivity contribution in [1.82, 2.24) is 5.32 Å². The average Bonchev–Trinajstić information content (AvgIpc) is 2.59. The minimum atomic E-state index is -0.348. The Morgan fingerprint density at radius 2 is 1.25 bits per heavy atom. The highest BCUT2D eigenvalue weighted by molar-refractivity contribution is 5.67. The SMILES string of the molecule is C=CCOC(=O)NCCCCCCCCCCCCCCCC=O. The van der Waals surface area contributed by atoms with E-state index in [1.165, 1.54) is 70.6 Å². The van der Waals surface area contributed by atoms with Crippen LogP contribution in [-0.4, -0.2) is 25.5 Å². The van der Waals surface area contributed by atoms with Gasteiger partial charge in [0, 0.05) is 13.0 Å². The lowest BCUT2D eigenvalue weighted by Gasteiger charge is -2.05. The molecule has 0 aromatic carbocycles. The van der Waals surface area contributed by atoms with Crippen LogP contribution in [0.2, 0.25) is 0 Å². The van der Waals surface area contributed by atoms with Crippen molar-refractivity contribution < 1.29 is 14.3 Å². The van der Waals surface area contributed by atoms with E-state index >= 15 is 0 Å². The Kier molecular flexibility index (Phi) is 18.6. The summed E-state index contributed by atoms with van der Waals surface area (Å²) in [4.78, 5) is 21.3. The van der Waals surface area contributed by atoms with Gasteiger partial charge in [0.2, 0.25) is 0 Å². The molecule has 0 radical (unpaired) electrons. The Balaban J connectivity index is 3.06. The third-order valence-electron chi connectivity index (χ3n) is 4.10. The molecule has 0 aliphatic heterocycles. The Labute approximate surface area is 148 Å². The fraction of sp³-hybridized carbons (Fsp3) is 0.800. The van der Waals surface area contributed by atoms with Crippen molar-refractivity contribution in [1.29, 1.82) is 0 Å². The first-order valence-electron chi connectivity index (χ1n) is 9.76. The number of unbranched alkanes of at least 4 members (excludes halogenated alkanes) is 13. The first kappa shape index (κ1) is 22.7. The first-order valence-corrected chi connectivity index (χ1v) is 9.76. The van der Waals surface area contributed by atoms with E-state index in [1.54, 1.807) is 6.08 Å². The second-order valence-electron chi connectivity index (χ2n) is 6.37. The van der Waals surface area contributed by atoms with Crippen LogP contribution < -0.4 is 5.32 Å². The van der Waals surface area contributed by atoms with Crippen molar-refractivity contribution in [2.75, 3.05) is 13.2 Å². The predicted octanol–water partition coefficient (Wildman–Crippen LogP) is 5.56. The number of amides is 1. The van der Waals surface area contributed by atoms with E-state index in [0.717, 1.165) is 25.5 Å². The minimum Gasteiger partial charge on any atom is -0.445 e. The number of ether oxygens (including phenoxy) is 1. The normalized spacial score (nSPS) is 10.3. The van der Waals surface area contributed by atoms with Gasteiger partial charge in [0.25, 0.3) is 0 Å². The van der Waals surface area contributed by atoms with Gasteiger partial charge in [-0.3, -0.25) is 0 Å². The highest BCUT2D eigenvalue weighted by Gasteiger charge is 1.98. The monoisotopic (exact) mass is 339 g/mol. The molecule has 0 aliphatic carbocycles. The van der Waals surface area contributed by atoms with E-state index in [9.17, 15) is 9.59 Å². The number of carbonyl (C=O) groups excluding carboxylic acids is 2. The van der Waals surface area contributed by atoms with Gasteiger partial charge in [-0.2, -0.15) is 0 Å². The molecule has 0 aromatic heterocycles. The lowest BCUT2D eigenvalue weighted by molar-refractivity contribution is -0.107. The molecule has 4 heteroatoms. The zero-order chi connectivity index (χ0) is 17.7. The van der Waals surface area contributed by atoms with Crippen LogP contribution in [0.5, 0.6) is 0 Å². The van der Waals surface area contributed by atoms with E-state index in [4.69, 9.17) is 4.74 Å². The third kappa shape index (κ3) is 18.7. The van der Waals surface area contributed by atoms with Gasteiger partial charge in [0.1, 0.15) is 12.9 Å². The molecule has 1 N–H and O–H groups in total. The largest absolute Gasteiger partial charge is 0.445 e. The quantitative estimate of drug-likeness (QED) is 0.202. The van der Waals surface area contributed by atoms with Crippen molar-refractivity contribution >= 4 is 12.4 Å². The summed E-state index contributed by atoms with van der Waals surface area (Å²) in [5.74, 6) is 0. The van der Waals surface area contributed by atoms with Crippen LogP contribution in [0.15, 0.2) is 12.7 Å². The van der Waals surface area contributed by atoms with Gasteiger partial charge in [0.15, 0.2) is 0 Å². The summed E-state index contributed by atoms with van der Waals surface area (Å²) >= 11 is 0. The molecule has 0 atom stereocenters. The Hall–Kier alpha value is -1.32. The van der Waals surface area contributed by atoms with Crippen molar-refractivity contribution in [3.63, 3.8) is 0 Å². The molecule has 0 bridgehead atoms. The van der Waals surface area contributed by atoms with Crippen molar-refractivity contribution in [2.45, 2.75) is 89.9 Å². The van der Waals surface area contributed by atoms with Gasteiger partial charge in [-0.05, 0) is 12.8 Å². The highest BCUT2D eigenvalue weighted by atomic mass is 16.5. The number of hydrogen-bond donors (Lipinski definition) is 1. The lowest BCUT2D eigenvalue weighted by atomic mass is 10.0. The van der Waals surface area contributed by atoms with Gasteiger partial charge in [-0.15, -0.1) is 0 Å². The van der Waals surface area contributed by atoms with Gasteiger partial charge in [0.05, 0.1) is 0 Å². The number of hydrogen-bond acceptors (Lipinski definition) is 3. The standard InChI is InChI=1S/C20H37NO3/c1-2-19-24-20(23)21-17-15-13-11-9-7-5-3-4-6-8-10-12-14-16-18-22/h2,18H,1,3-17,19H2,(H,21,23). The summed E-state index contributed by atoms with van der Waals surface area (Å²) in [5, 5.41) is 2.74. The Morgan fingerprint density at radius 3 is 1.71 bits per heavy atom. The van der Waals surface area contributed by atoms with Gasteiger partial charge in [-0.25, -0.2) is 4.79 Å². The van der Waals surface area contributed by atoms with Crippen LogP contribution >= 0.6 is 0 Å². The smallest absolute Gasteiger partial charge is 0.407 e. The maximum atomic E-state index is 11.2. The number of alkyl carbamates (subject to hydrolysis) is 1. The molecule has 24 heavy (non-hydrogen) atoms. The Bertz CT molecular complexity index is 305. The minimum absolute atomic E-state index is 0.270. The molecule has 0 saturated heterocycles. The average molecular weight is 340 g/mol. The summed E-state index contributed by atoms with van der Waals surface area (Å²) < 4.78 is 4.83. The van der Waals surface area contributed by atoms with Crippen molar-refractivity contribution in [2.24, 2.45) is 0 Å². The van der Waals surface area contributed by atoms with Crippen LogP contribution in [0.3, 0.4) is 0 Å². The second-order valence-corrected chi connectivity index (χ2v) is 6.37. The van der Waals surface area contributed by atoms with E-state index in [2.05, 4.69) is 11.9 Å². The van der Waals surface area contributed by atoms with E-state index in [0.29, 0.717) is 6.54 Å². The number of rotatable bonds is 18. The van der Waals surface area contributed by atoms with Gasteiger partial charge in [-0.1, -0.05) is 83.3 Å². The van der Waals surface area contributed by atoms with Crippen molar-refractivity contribution in [3.05, 3.63) is 12.7 Å². The predicted molar refractivity (Wildman–Crippen MR) is 100 cm³/mol. The molecular formula is C20H37NO3. The fourth-order valence-corrected chi connectivity index (χ4v) is 2.67.